The number of hydrogen-bond donors (Lipinski definition) is 1. The summed E-state index contributed by atoms with van der Waals surface area (Å²) >= 11 is 0. The van der Waals surface area contributed by atoms with Crippen molar-refractivity contribution in [2.24, 2.45) is 0 Å². The summed E-state index contributed by atoms with van der Waals surface area (Å²) in [5.41, 5.74) is 5.02. The Morgan fingerprint density at radius 3 is 2.11 bits per heavy atom. The third-order valence-electron chi connectivity index (χ3n) is 3.78. The monoisotopic (exact) mass is 254 g/mol. The molecule has 0 amide bonds. The molecule has 2 atom stereocenters. The zero-order valence-corrected chi connectivity index (χ0v) is 11.9. The number of hydrogen-bond acceptors (Lipinski definition) is 1. The number of aliphatic hydroxyl groups is 1. The van der Waals surface area contributed by atoms with E-state index in [2.05, 4.69) is 50.2 Å². The van der Waals surface area contributed by atoms with Crippen molar-refractivity contribution in [1.29, 1.82) is 0 Å². The number of aliphatic hydroxyl groups excluding tert-OH is 1. The summed E-state index contributed by atoms with van der Waals surface area (Å²) in [4.78, 5) is 0. The molecule has 0 aliphatic rings. The van der Waals surface area contributed by atoms with Gasteiger partial charge in [-0.25, -0.2) is 0 Å². The SMILES string of the molecule is CCc1ccccc1C(c1ccccc1C)C(C)O. The van der Waals surface area contributed by atoms with Gasteiger partial charge in [-0.1, -0.05) is 55.5 Å². The minimum absolute atomic E-state index is 0.0531. The Kier molecular flexibility index (Phi) is 4.39. The van der Waals surface area contributed by atoms with Crippen molar-refractivity contribution in [3.8, 4) is 0 Å². The molecule has 100 valence electrons. The zero-order chi connectivity index (χ0) is 13.8. The third kappa shape index (κ3) is 2.87. The van der Waals surface area contributed by atoms with Gasteiger partial charge in [-0.2, -0.15) is 0 Å². The van der Waals surface area contributed by atoms with Crippen LogP contribution in [0.5, 0.6) is 0 Å². The third-order valence-corrected chi connectivity index (χ3v) is 3.78. The smallest absolute Gasteiger partial charge is 0.0621 e. The summed E-state index contributed by atoms with van der Waals surface area (Å²) in [5, 5.41) is 10.3. The van der Waals surface area contributed by atoms with Crippen LogP contribution in [0.3, 0.4) is 0 Å². The normalized spacial score (nSPS) is 14.1. The first-order valence-electron chi connectivity index (χ1n) is 6.96. The number of rotatable bonds is 4. The Balaban J connectivity index is 2.56. The first-order chi connectivity index (χ1) is 9.15. The topological polar surface area (TPSA) is 20.2 Å². The van der Waals surface area contributed by atoms with E-state index in [4.69, 9.17) is 0 Å². The molecule has 0 aliphatic heterocycles. The average molecular weight is 254 g/mol. The van der Waals surface area contributed by atoms with E-state index in [1.807, 2.05) is 19.1 Å². The van der Waals surface area contributed by atoms with Crippen LogP contribution in [0.25, 0.3) is 0 Å². The van der Waals surface area contributed by atoms with Gasteiger partial charge < -0.3 is 5.11 Å². The molecular formula is C18H22O. The summed E-state index contributed by atoms with van der Waals surface area (Å²) in [5.74, 6) is 0.0531. The molecule has 1 heteroatoms. The van der Waals surface area contributed by atoms with E-state index in [1.54, 1.807) is 0 Å². The summed E-state index contributed by atoms with van der Waals surface area (Å²) in [6.07, 6.45) is 0.597. The minimum Gasteiger partial charge on any atom is -0.392 e. The maximum absolute atomic E-state index is 10.3. The average Bonchev–Trinajstić information content (AvgIpc) is 2.41. The lowest BCUT2D eigenvalue weighted by Crippen LogP contribution is -2.18. The summed E-state index contributed by atoms with van der Waals surface area (Å²) < 4.78 is 0. The molecule has 2 aromatic carbocycles. The van der Waals surface area contributed by atoms with Crippen molar-refractivity contribution in [2.45, 2.75) is 39.2 Å². The van der Waals surface area contributed by atoms with E-state index < -0.39 is 6.10 Å². The summed E-state index contributed by atoms with van der Waals surface area (Å²) in [6.45, 7) is 6.15. The highest BCUT2D eigenvalue weighted by Crippen LogP contribution is 2.32. The van der Waals surface area contributed by atoms with Crippen molar-refractivity contribution in [3.63, 3.8) is 0 Å². The van der Waals surface area contributed by atoms with Crippen LogP contribution in [0.4, 0.5) is 0 Å². The second-order valence-electron chi connectivity index (χ2n) is 5.13. The van der Waals surface area contributed by atoms with E-state index in [1.165, 1.54) is 22.3 Å². The van der Waals surface area contributed by atoms with Crippen molar-refractivity contribution in [3.05, 3.63) is 70.8 Å². The molecule has 0 saturated carbocycles. The van der Waals surface area contributed by atoms with Crippen molar-refractivity contribution in [2.75, 3.05) is 0 Å². The molecule has 19 heavy (non-hydrogen) atoms. The quantitative estimate of drug-likeness (QED) is 0.872. The van der Waals surface area contributed by atoms with Crippen LogP contribution in [0, 0.1) is 6.92 Å². The maximum atomic E-state index is 10.3. The Labute approximate surface area is 115 Å². The van der Waals surface area contributed by atoms with Gasteiger partial charge in [-0.05, 0) is 42.5 Å². The Bertz CT molecular complexity index is 543. The predicted octanol–water partition coefficient (Wildman–Crippen LogP) is 4.07. The minimum atomic E-state index is -0.395. The molecule has 0 bridgehead atoms. The molecule has 0 fully saturated rings. The van der Waals surface area contributed by atoms with Gasteiger partial charge in [0, 0.05) is 5.92 Å². The maximum Gasteiger partial charge on any atom is 0.0621 e. The van der Waals surface area contributed by atoms with Gasteiger partial charge in [0.05, 0.1) is 6.10 Å². The summed E-state index contributed by atoms with van der Waals surface area (Å²) in [6, 6.07) is 16.8. The molecule has 0 spiro atoms. The van der Waals surface area contributed by atoms with E-state index >= 15 is 0 Å². The van der Waals surface area contributed by atoms with E-state index in [9.17, 15) is 5.11 Å². The van der Waals surface area contributed by atoms with Gasteiger partial charge in [-0.3, -0.25) is 0 Å². The lowest BCUT2D eigenvalue weighted by atomic mass is 9.82. The van der Waals surface area contributed by atoms with Gasteiger partial charge in [-0.15, -0.1) is 0 Å². The fourth-order valence-corrected chi connectivity index (χ4v) is 2.78. The van der Waals surface area contributed by atoms with Crippen LogP contribution in [0.2, 0.25) is 0 Å². The van der Waals surface area contributed by atoms with Crippen LogP contribution in [0.1, 0.15) is 42.0 Å². The zero-order valence-electron chi connectivity index (χ0n) is 11.9. The Morgan fingerprint density at radius 2 is 1.53 bits per heavy atom. The predicted molar refractivity (Wildman–Crippen MR) is 80.5 cm³/mol. The van der Waals surface area contributed by atoms with Gasteiger partial charge in [0.2, 0.25) is 0 Å². The molecule has 0 aliphatic carbocycles. The molecule has 1 nitrogen and oxygen atoms in total. The Hall–Kier alpha value is -1.60. The van der Waals surface area contributed by atoms with Crippen LogP contribution >= 0.6 is 0 Å². The largest absolute Gasteiger partial charge is 0.392 e. The van der Waals surface area contributed by atoms with E-state index in [-0.39, 0.29) is 5.92 Å². The molecule has 0 aromatic heterocycles. The van der Waals surface area contributed by atoms with E-state index in [0.29, 0.717) is 0 Å². The van der Waals surface area contributed by atoms with Crippen molar-refractivity contribution in [1.82, 2.24) is 0 Å². The van der Waals surface area contributed by atoms with Gasteiger partial charge in [0.25, 0.3) is 0 Å². The van der Waals surface area contributed by atoms with Crippen molar-refractivity contribution >= 4 is 0 Å². The highest BCUT2D eigenvalue weighted by atomic mass is 16.3. The van der Waals surface area contributed by atoms with Crippen LogP contribution in [-0.2, 0) is 6.42 Å². The van der Waals surface area contributed by atoms with Crippen LogP contribution in [-0.4, -0.2) is 11.2 Å². The Morgan fingerprint density at radius 1 is 0.947 bits per heavy atom. The lowest BCUT2D eigenvalue weighted by molar-refractivity contribution is 0.176. The number of aryl methyl sites for hydroxylation is 2. The highest BCUT2D eigenvalue weighted by molar-refractivity contribution is 5.42. The first-order valence-corrected chi connectivity index (χ1v) is 6.96. The summed E-state index contributed by atoms with van der Waals surface area (Å²) in [7, 11) is 0. The molecule has 2 rings (SSSR count). The standard InChI is InChI=1S/C18H22O/c1-4-15-10-6-8-12-17(15)18(14(3)19)16-11-7-5-9-13(16)2/h5-12,14,18-19H,4H2,1-3H3. The fraction of sp³-hybridized carbons (Fsp3) is 0.333. The molecular weight excluding hydrogens is 232 g/mol. The van der Waals surface area contributed by atoms with Crippen molar-refractivity contribution < 1.29 is 5.11 Å². The molecule has 0 radical (unpaired) electrons. The van der Waals surface area contributed by atoms with E-state index in [0.717, 1.165) is 6.42 Å². The van der Waals surface area contributed by atoms with Crippen LogP contribution in [0.15, 0.2) is 48.5 Å². The molecule has 2 unspecified atom stereocenters. The first kappa shape index (κ1) is 13.8. The number of benzene rings is 2. The molecule has 1 N–H and O–H groups in total. The lowest BCUT2D eigenvalue weighted by Gasteiger charge is -2.25. The van der Waals surface area contributed by atoms with Gasteiger partial charge in [0.1, 0.15) is 0 Å². The van der Waals surface area contributed by atoms with Gasteiger partial charge >= 0.3 is 0 Å². The second-order valence-corrected chi connectivity index (χ2v) is 5.13. The molecule has 2 aromatic rings. The molecule has 0 saturated heterocycles. The second kappa shape index (κ2) is 6.03. The highest BCUT2D eigenvalue weighted by Gasteiger charge is 2.22. The fourth-order valence-electron chi connectivity index (χ4n) is 2.78. The van der Waals surface area contributed by atoms with Gasteiger partial charge in [0.15, 0.2) is 0 Å². The molecule has 0 heterocycles. The van der Waals surface area contributed by atoms with Crippen LogP contribution < -0.4 is 0 Å².